The summed E-state index contributed by atoms with van der Waals surface area (Å²) in [6.07, 6.45) is -4.63. The van der Waals surface area contributed by atoms with Crippen molar-refractivity contribution in [2.24, 2.45) is 0 Å². The third-order valence-electron chi connectivity index (χ3n) is 9.39. The number of ether oxygens (including phenoxy) is 5. The van der Waals surface area contributed by atoms with Gasteiger partial charge in [0, 0.05) is 18.6 Å². The van der Waals surface area contributed by atoms with E-state index in [1.54, 1.807) is 26.4 Å². The van der Waals surface area contributed by atoms with Crippen LogP contribution in [0, 0.1) is 16.2 Å². The summed E-state index contributed by atoms with van der Waals surface area (Å²) in [7, 11) is 3.17. The molecule has 0 bridgehead atoms. The second kappa shape index (κ2) is 15.5. The average molecular weight is 738 g/mol. The van der Waals surface area contributed by atoms with Gasteiger partial charge in [0.1, 0.15) is 35.4 Å². The van der Waals surface area contributed by atoms with Crippen LogP contribution >= 0.6 is 0 Å². The van der Waals surface area contributed by atoms with Crippen molar-refractivity contribution in [3.63, 3.8) is 0 Å². The first kappa shape index (κ1) is 36.4. The summed E-state index contributed by atoms with van der Waals surface area (Å²) in [6.45, 7) is -0.128. The zero-order valence-corrected chi connectivity index (χ0v) is 29.2. The van der Waals surface area contributed by atoms with E-state index < -0.39 is 41.1 Å². The monoisotopic (exact) mass is 737 g/mol. The zero-order valence-electron chi connectivity index (χ0n) is 29.2. The molecule has 1 saturated heterocycles. The highest BCUT2D eigenvalue weighted by Crippen LogP contribution is 2.43. The number of nitrogens with zero attached hydrogens (tertiary/aromatic N) is 5. The van der Waals surface area contributed by atoms with Crippen LogP contribution < -0.4 is 14.2 Å². The summed E-state index contributed by atoms with van der Waals surface area (Å²) in [5.41, 5.74) is 1.90. The Morgan fingerprint density at radius 1 is 0.852 bits per heavy atom. The van der Waals surface area contributed by atoms with Crippen LogP contribution in [0.1, 0.15) is 28.5 Å². The first-order chi connectivity index (χ1) is 26.2. The van der Waals surface area contributed by atoms with Crippen molar-refractivity contribution in [3.05, 3.63) is 148 Å². The number of imidazole rings is 1. The van der Waals surface area contributed by atoms with Crippen LogP contribution in [0.5, 0.6) is 17.4 Å². The molecule has 4 atom stereocenters. The molecule has 0 spiro atoms. The lowest BCUT2D eigenvalue weighted by Gasteiger charge is -2.37. The molecule has 0 aliphatic carbocycles. The predicted octanol–water partition coefficient (Wildman–Crippen LogP) is 5.14. The first-order valence-corrected chi connectivity index (χ1v) is 17.0. The smallest absolute Gasteiger partial charge is 0.314 e. The highest BCUT2D eigenvalue weighted by Gasteiger charge is 2.47. The van der Waals surface area contributed by atoms with Crippen molar-refractivity contribution in [2.75, 3.05) is 27.4 Å². The van der Waals surface area contributed by atoms with Crippen molar-refractivity contribution in [3.8, 4) is 17.4 Å². The Kier molecular flexibility index (Phi) is 10.5. The molecule has 0 unspecified atom stereocenters. The van der Waals surface area contributed by atoms with Crippen LogP contribution in [0.25, 0.3) is 11.2 Å². The molecule has 2 aromatic heterocycles. The van der Waals surface area contributed by atoms with Crippen LogP contribution in [0.4, 0.5) is 10.1 Å². The van der Waals surface area contributed by atoms with Gasteiger partial charge in [-0.3, -0.25) is 14.7 Å². The molecule has 15 heteroatoms. The van der Waals surface area contributed by atoms with Crippen molar-refractivity contribution >= 4 is 16.9 Å². The van der Waals surface area contributed by atoms with Crippen molar-refractivity contribution in [2.45, 2.75) is 36.6 Å². The fourth-order valence-corrected chi connectivity index (χ4v) is 6.58. The second-order valence-electron chi connectivity index (χ2n) is 12.5. The van der Waals surface area contributed by atoms with Gasteiger partial charge in [0.2, 0.25) is 5.88 Å². The minimum Gasteiger partial charge on any atom is -0.497 e. The molecule has 14 nitrogen and oxygen atoms in total. The van der Waals surface area contributed by atoms with Crippen molar-refractivity contribution in [1.29, 1.82) is 0 Å². The summed E-state index contributed by atoms with van der Waals surface area (Å²) in [5, 5.41) is 33.6. The highest BCUT2D eigenvalue weighted by atomic mass is 19.1. The van der Waals surface area contributed by atoms with E-state index in [9.17, 15) is 24.7 Å². The topological polar surface area (TPSA) is 173 Å². The third-order valence-corrected chi connectivity index (χ3v) is 9.39. The number of nitro benzene ring substituents is 1. The zero-order chi connectivity index (χ0) is 37.8. The molecular formula is C39H36FN5O9. The molecule has 1 fully saturated rings. The number of methoxy groups -OCH3 is 2. The molecular weight excluding hydrogens is 701 g/mol. The minimum atomic E-state index is -1.48. The van der Waals surface area contributed by atoms with Gasteiger partial charge in [0.25, 0.3) is 5.69 Å². The Labute approximate surface area is 308 Å². The molecule has 0 saturated carbocycles. The van der Waals surface area contributed by atoms with E-state index in [2.05, 4.69) is 15.0 Å². The number of nitro groups is 1. The summed E-state index contributed by atoms with van der Waals surface area (Å²) in [4.78, 5) is 22.5. The Hall–Kier alpha value is -6.00. The number of aliphatic hydroxyl groups is 2. The molecule has 2 N–H and O–H groups in total. The van der Waals surface area contributed by atoms with Crippen LogP contribution in [0.2, 0.25) is 0 Å². The number of aromatic nitrogens is 4. The molecule has 7 rings (SSSR count). The van der Waals surface area contributed by atoms with Gasteiger partial charge in [0.05, 0.1) is 38.7 Å². The number of benzene rings is 4. The maximum absolute atomic E-state index is 14.8. The average Bonchev–Trinajstić information content (AvgIpc) is 3.75. The van der Waals surface area contributed by atoms with E-state index in [0.717, 1.165) is 22.3 Å². The number of fused-ring (bicyclic) bond motifs is 1. The Morgan fingerprint density at radius 3 is 2.06 bits per heavy atom. The largest absolute Gasteiger partial charge is 0.497 e. The van der Waals surface area contributed by atoms with Crippen LogP contribution in [0.3, 0.4) is 0 Å². The third kappa shape index (κ3) is 7.04. The van der Waals surface area contributed by atoms with Crippen LogP contribution in [-0.4, -0.2) is 80.4 Å². The van der Waals surface area contributed by atoms with E-state index in [-0.39, 0.29) is 35.9 Å². The lowest BCUT2D eigenvalue weighted by Crippen LogP contribution is -2.39. The lowest BCUT2D eigenvalue weighted by molar-refractivity contribution is -0.384. The highest BCUT2D eigenvalue weighted by molar-refractivity contribution is 5.76. The van der Waals surface area contributed by atoms with E-state index in [1.807, 2.05) is 78.9 Å². The SMILES string of the molecule is COc1ccc(C(OC[C@H]2O[C@@H](n3cnc4c(OCCc5ccc([N+](=O)[O-])cc5)nc(F)nc43)[C@H](O)[C@@H]2O)(c2ccccc2)c2ccc(OC)cc2)cc1. The number of non-ortho nitro benzene ring substituents is 1. The molecule has 0 amide bonds. The normalized spacial score (nSPS) is 18.5. The van der Waals surface area contributed by atoms with E-state index in [0.29, 0.717) is 17.9 Å². The maximum Gasteiger partial charge on any atom is 0.314 e. The number of aliphatic hydroxyl groups excluding tert-OH is 2. The van der Waals surface area contributed by atoms with Crippen LogP contribution in [0.15, 0.2) is 109 Å². The van der Waals surface area contributed by atoms with Gasteiger partial charge in [-0.15, -0.1) is 0 Å². The number of hydrogen-bond donors (Lipinski definition) is 2. The summed E-state index contributed by atoms with van der Waals surface area (Å²) < 4.78 is 45.9. The fraction of sp³-hybridized carbons (Fsp3) is 0.256. The fourth-order valence-electron chi connectivity index (χ4n) is 6.58. The summed E-state index contributed by atoms with van der Waals surface area (Å²) in [6, 6.07) is 30.5. The molecule has 4 aromatic carbocycles. The van der Waals surface area contributed by atoms with Gasteiger partial charge in [-0.05, 0) is 46.5 Å². The van der Waals surface area contributed by atoms with Gasteiger partial charge in [-0.25, -0.2) is 4.98 Å². The van der Waals surface area contributed by atoms with Gasteiger partial charge >= 0.3 is 6.08 Å². The standard InChI is InChI=1S/C39H36FN5O9/c1-50-29-16-10-26(11-17-29)39(25-6-4-3-5-7-25,27-12-18-30(51-2)19-13-27)53-22-31-33(46)34(47)37(54-31)44-23-41-32-35(44)42-38(40)43-36(32)52-21-20-24-8-14-28(15-9-24)45(48)49/h3-19,23,31,33-34,37,46-47H,20-22H2,1-2H3/t31-,33-,34-,37-/m1/s1. The second-order valence-corrected chi connectivity index (χ2v) is 12.5. The Bertz CT molecular complexity index is 2160. The van der Waals surface area contributed by atoms with Gasteiger partial charge in [-0.1, -0.05) is 66.7 Å². The Balaban J connectivity index is 1.15. The quantitative estimate of drug-likeness (QED) is 0.0654. The number of rotatable bonds is 14. The molecule has 1 aliphatic heterocycles. The minimum absolute atomic E-state index is 0.0271. The summed E-state index contributed by atoms with van der Waals surface area (Å²) in [5.74, 6) is 1.17. The first-order valence-electron chi connectivity index (χ1n) is 17.0. The van der Waals surface area contributed by atoms with Gasteiger partial charge < -0.3 is 33.9 Å². The Morgan fingerprint density at radius 2 is 1.46 bits per heavy atom. The number of hydrogen-bond acceptors (Lipinski definition) is 12. The van der Waals surface area contributed by atoms with Crippen molar-refractivity contribution in [1.82, 2.24) is 19.5 Å². The molecule has 1 aliphatic rings. The van der Waals surface area contributed by atoms with Crippen LogP contribution in [-0.2, 0) is 21.5 Å². The van der Waals surface area contributed by atoms with Gasteiger partial charge in [-0.2, -0.15) is 14.4 Å². The molecule has 0 radical (unpaired) electrons. The molecule has 54 heavy (non-hydrogen) atoms. The number of halogens is 1. The van der Waals surface area contributed by atoms with Crippen molar-refractivity contribution < 1.29 is 43.2 Å². The van der Waals surface area contributed by atoms with Gasteiger partial charge in [0.15, 0.2) is 17.4 Å². The van der Waals surface area contributed by atoms with E-state index >= 15 is 0 Å². The van der Waals surface area contributed by atoms with E-state index in [1.165, 1.54) is 23.0 Å². The summed E-state index contributed by atoms with van der Waals surface area (Å²) >= 11 is 0. The maximum atomic E-state index is 14.8. The molecule has 278 valence electrons. The lowest BCUT2D eigenvalue weighted by atomic mass is 9.80. The molecule has 6 aromatic rings. The predicted molar refractivity (Wildman–Crippen MR) is 192 cm³/mol. The molecule has 3 heterocycles. The van der Waals surface area contributed by atoms with E-state index in [4.69, 9.17) is 23.7 Å².